The van der Waals surface area contributed by atoms with Crippen molar-refractivity contribution in [3.63, 3.8) is 0 Å². The average molecular weight is 448 g/mol. The molecule has 0 unspecified atom stereocenters. The molecule has 4 aromatic rings. The van der Waals surface area contributed by atoms with Gasteiger partial charge in [0.1, 0.15) is 25.0 Å². The number of amides is 2. The number of halogens is 1. The van der Waals surface area contributed by atoms with Gasteiger partial charge in [0.05, 0.1) is 5.69 Å². The number of ether oxygens (including phenoxy) is 1. The lowest BCUT2D eigenvalue weighted by molar-refractivity contribution is 0.0846. The van der Waals surface area contributed by atoms with Gasteiger partial charge in [-0.15, -0.1) is 0 Å². The Kier molecular flexibility index (Phi) is 6.43. The quantitative estimate of drug-likeness (QED) is 0.440. The third-order valence-electron chi connectivity index (χ3n) is 4.52. The summed E-state index contributed by atoms with van der Waals surface area (Å²) in [5, 5.41) is 4.67. The van der Waals surface area contributed by atoms with E-state index in [0.717, 1.165) is 5.56 Å². The lowest BCUT2D eigenvalue weighted by atomic mass is 10.1. The molecule has 3 aromatic carbocycles. The maximum Gasteiger partial charge on any atom is 0.269 e. The molecular weight excluding hydrogens is 430 g/mol. The number of benzene rings is 3. The molecule has 0 saturated heterocycles. The largest absolute Gasteiger partial charge is 0.489 e. The first kappa shape index (κ1) is 21.1. The van der Waals surface area contributed by atoms with Crippen molar-refractivity contribution in [3.8, 4) is 11.4 Å². The van der Waals surface area contributed by atoms with E-state index in [9.17, 15) is 9.59 Å². The Balaban J connectivity index is 1.30. The Hall–Kier alpha value is -4.17. The van der Waals surface area contributed by atoms with Gasteiger partial charge in [-0.05, 0) is 60.2 Å². The van der Waals surface area contributed by atoms with Crippen LogP contribution < -0.4 is 15.6 Å². The number of nitrogens with one attached hydrogen (secondary N) is 2. The monoisotopic (exact) mass is 447 g/mol. The molecule has 9 heteroatoms. The minimum Gasteiger partial charge on any atom is -0.489 e. The zero-order chi connectivity index (χ0) is 22.3. The zero-order valence-corrected chi connectivity index (χ0v) is 17.5. The maximum absolute atomic E-state index is 12.4. The Morgan fingerprint density at radius 2 is 1.62 bits per heavy atom. The van der Waals surface area contributed by atoms with Crippen LogP contribution in [0.3, 0.4) is 0 Å². The number of carbonyl (C=O) groups is 2. The van der Waals surface area contributed by atoms with Crippen LogP contribution in [0, 0.1) is 0 Å². The second-order valence-electron chi connectivity index (χ2n) is 6.74. The van der Waals surface area contributed by atoms with E-state index in [-0.39, 0.29) is 0 Å². The number of hydrogen-bond donors (Lipinski definition) is 2. The molecule has 0 radical (unpaired) electrons. The first-order chi connectivity index (χ1) is 15.6. The second-order valence-corrected chi connectivity index (χ2v) is 7.17. The van der Waals surface area contributed by atoms with E-state index < -0.39 is 11.8 Å². The lowest BCUT2D eigenvalue weighted by Crippen LogP contribution is -2.41. The van der Waals surface area contributed by atoms with Gasteiger partial charge >= 0.3 is 0 Å². The molecule has 0 fully saturated rings. The van der Waals surface area contributed by atoms with E-state index in [0.29, 0.717) is 34.2 Å². The van der Waals surface area contributed by atoms with E-state index in [2.05, 4.69) is 20.9 Å². The summed E-state index contributed by atoms with van der Waals surface area (Å²) in [6.45, 7) is 0.350. The van der Waals surface area contributed by atoms with Crippen molar-refractivity contribution in [1.29, 1.82) is 0 Å². The zero-order valence-electron chi connectivity index (χ0n) is 16.7. The van der Waals surface area contributed by atoms with E-state index in [1.807, 2.05) is 0 Å². The van der Waals surface area contributed by atoms with Gasteiger partial charge in [-0.2, -0.15) is 5.10 Å². The summed E-state index contributed by atoms with van der Waals surface area (Å²) in [5.41, 5.74) is 7.17. The van der Waals surface area contributed by atoms with Crippen LogP contribution >= 0.6 is 11.6 Å². The highest BCUT2D eigenvalue weighted by molar-refractivity contribution is 6.30. The number of rotatable bonds is 6. The normalized spacial score (nSPS) is 10.4. The molecule has 0 aliphatic rings. The van der Waals surface area contributed by atoms with Gasteiger partial charge in [0.2, 0.25) is 0 Å². The van der Waals surface area contributed by atoms with Crippen molar-refractivity contribution in [2.45, 2.75) is 6.61 Å². The number of hydrazine groups is 1. The number of aromatic nitrogens is 3. The fraction of sp³-hybridized carbons (Fsp3) is 0.0435. The second kappa shape index (κ2) is 9.76. The Bertz CT molecular complexity index is 1210. The van der Waals surface area contributed by atoms with Gasteiger partial charge < -0.3 is 4.74 Å². The van der Waals surface area contributed by atoms with Crippen LogP contribution in [0.4, 0.5) is 0 Å². The van der Waals surface area contributed by atoms with Crippen LogP contribution in [-0.2, 0) is 6.61 Å². The van der Waals surface area contributed by atoms with Crippen LogP contribution in [0.15, 0.2) is 85.5 Å². The lowest BCUT2D eigenvalue weighted by Gasteiger charge is -2.10. The molecular formula is C23H18ClN5O3. The van der Waals surface area contributed by atoms with E-state index in [1.165, 1.54) is 17.3 Å². The summed E-state index contributed by atoms with van der Waals surface area (Å²) in [6, 6.07) is 20.8. The Morgan fingerprint density at radius 1 is 0.906 bits per heavy atom. The van der Waals surface area contributed by atoms with Gasteiger partial charge in [0.25, 0.3) is 11.8 Å². The highest BCUT2D eigenvalue weighted by Crippen LogP contribution is 2.17. The number of nitrogens with zero attached hydrogens (tertiary/aromatic N) is 3. The molecule has 0 saturated carbocycles. The average Bonchev–Trinajstić information content (AvgIpc) is 3.37. The molecule has 0 spiro atoms. The van der Waals surface area contributed by atoms with Gasteiger partial charge in [-0.25, -0.2) is 9.67 Å². The van der Waals surface area contributed by atoms with E-state index in [1.54, 1.807) is 72.8 Å². The highest BCUT2D eigenvalue weighted by Gasteiger charge is 2.10. The molecule has 0 aliphatic heterocycles. The smallest absolute Gasteiger partial charge is 0.269 e. The van der Waals surface area contributed by atoms with Crippen molar-refractivity contribution in [3.05, 3.63) is 107 Å². The predicted octanol–water partition coefficient (Wildman–Crippen LogP) is 3.57. The summed E-state index contributed by atoms with van der Waals surface area (Å²) in [6.07, 6.45) is 2.94. The first-order valence-electron chi connectivity index (χ1n) is 9.61. The third kappa shape index (κ3) is 5.30. The maximum atomic E-state index is 12.4. The molecule has 0 aliphatic carbocycles. The Morgan fingerprint density at radius 3 is 2.31 bits per heavy atom. The van der Waals surface area contributed by atoms with Crippen molar-refractivity contribution in [2.24, 2.45) is 0 Å². The van der Waals surface area contributed by atoms with Crippen molar-refractivity contribution in [2.75, 3.05) is 0 Å². The minimum absolute atomic E-state index is 0.350. The first-order valence-corrected chi connectivity index (χ1v) is 9.99. The number of hydrogen-bond acceptors (Lipinski definition) is 5. The van der Waals surface area contributed by atoms with E-state index in [4.69, 9.17) is 16.3 Å². The molecule has 32 heavy (non-hydrogen) atoms. The molecule has 8 nitrogen and oxygen atoms in total. The molecule has 4 rings (SSSR count). The summed E-state index contributed by atoms with van der Waals surface area (Å²) in [5.74, 6) is -0.184. The fourth-order valence-electron chi connectivity index (χ4n) is 2.84. The van der Waals surface area contributed by atoms with Gasteiger partial charge in [0, 0.05) is 16.1 Å². The fourth-order valence-corrected chi connectivity index (χ4v) is 2.96. The van der Waals surface area contributed by atoms with Gasteiger partial charge in [-0.3, -0.25) is 20.4 Å². The SMILES string of the molecule is O=C(NNC(=O)c1cccc(-n2cncn2)c1)c1ccc(COc2ccc(Cl)cc2)cc1. The third-order valence-corrected chi connectivity index (χ3v) is 4.77. The van der Waals surface area contributed by atoms with Crippen LogP contribution in [0.2, 0.25) is 5.02 Å². The summed E-state index contributed by atoms with van der Waals surface area (Å²) in [4.78, 5) is 28.7. The molecule has 160 valence electrons. The molecule has 1 aromatic heterocycles. The predicted molar refractivity (Wildman–Crippen MR) is 119 cm³/mol. The van der Waals surface area contributed by atoms with Crippen molar-refractivity contribution < 1.29 is 14.3 Å². The Labute approximate surface area is 188 Å². The van der Waals surface area contributed by atoms with Crippen LogP contribution in [0.5, 0.6) is 5.75 Å². The van der Waals surface area contributed by atoms with E-state index >= 15 is 0 Å². The molecule has 1 heterocycles. The summed E-state index contributed by atoms with van der Waals surface area (Å²) >= 11 is 5.86. The van der Waals surface area contributed by atoms with Gasteiger partial charge in [-0.1, -0.05) is 29.8 Å². The van der Waals surface area contributed by atoms with Crippen LogP contribution in [-0.4, -0.2) is 26.6 Å². The molecule has 2 amide bonds. The standard InChI is InChI=1S/C23H18ClN5O3/c24-19-8-10-21(11-9-19)32-13-16-4-6-17(7-5-16)22(30)27-28-23(31)18-2-1-3-20(12-18)29-15-25-14-26-29/h1-12,14-15H,13H2,(H,27,30)(H,28,31). The van der Waals surface area contributed by atoms with Crippen molar-refractivity contribution in [1.82, 2.24) is 25.6 Å². The number of carbonyl (C=O) groups excluding carboxylic acids is 2. The molecule has 0 bridgehead atoms. The van der Waals surface area contributed by atoms with Crippen LogP contribution in [0.25, 0.3) is 5.69 Å². The van der Waals surface area contributed by atoms with Gasteiger partial charge in [0.15, 0.2) is 0 Å². The van der Waals surface area contributed by atoms with Crippen LogP contribution in [0.1, 0.15) is 26.3 Å². The highest BCUT2D eigenvalue weighted by atomic mass is 35.5. The summed E-state index contributed by atoms with van der Waals surface area (Å²) in [7, 11) is 0. The molecule has 2 N–H and O–H groups in total. The summed E-state index contributed by atoms with van der Waals surface area (Å²) < 4.78 is 7.22. The minimum atomic E-state index is -0.451. The van der Waals surface area contributed by atoms with Crippen molar-refractivity contribution >= 4 is 23.4 Å². The molecule has 0 atom stereocenters. The topological polar surface area (TPSA) is 98.1 Å².